The summed E-state index contributed by atoms with van der Waals surface area (Å²) < 4.78 is 5.27. The summed E-state index contributed by atoms with van der Waals surface area (Å²) in [5.74, 6) is 1.63. The van der Waals surface area contributed by atoms with Gasteiger partial charge >= 0.3 is 6.03 Å². The number of hydrogen-bond acceptors (Lipinski definition) is 5. The van der Waals surface area contributed by atoms with E-state index in [2.05, 4.69) is 20.8 Å². The van der Waals surface area contributed by atoms with Crippen LogP contribution in [0.15, 0.2) is 28.8 Å². The minimum Gasteiger partial charge on any atom is -0.388 e. The summed E-state index contributed by atoms with van der Waals surface area (Å²) in [5.41, 5.74) is 0.702. The van der Waals surface area contributed by atoms with E-state index in [4.69, 9.17) is 4.52 Å². The second kappa shape index (κ2) is 5.90. The lowest BCUT2D eigenvalue weighted by Crippen LogP contribution is -2.48. The third-order valence-corrected chi connectivity index (χ3v) is 4.61. The highest BCUT2D eigenvalue weighted by Gasteiger charge is 2.34. The molecular formula is C17H20N4O3. The van der Waals surface area contributed by atoms with Crippen LogP contribution in [0.4, 0.5) is 10.5 Å². The van der Waals surface area contributed by atoms with Crippen molar-refractivity contribution >= 4 is 11.7 Å². The standard InChI is InChI=1S/C17H20N4O3/c22-16(18-10-17(23)7-2-8-17)19-13-4-1-3-12(9-13)14-20-15(24-21-14)11-5-6-11/h1,3-4,9,11,23H,2,5-8,10H2,(H2,18,19,22). The molecule has 0 aliphatic heterocycles. The predicted octanol–water partition coefficient (Wildman–Crippen LogP) is 2.65. The minimum absolute atomic E-state index is 0.272. The number of nitrogens with zero attached hydrogens (tertiary/aromatic N) is 2. The molecule has 7 nitrogen and oxygen atoms in total. The summed E-state index contributed by atoms with van der Waals surface area (Å²) >= 11 is 0. The molecule has 0 bridgehead atoms. The van der Waals surface area contributed by atoms with E-state index in [0.717, 1.165) is 37.7 Å². The van der Waals surface area contributed by atoms with Crippen molar-refractivity contribution in [3.8, 4) is 11.4 Å². The minimum atomic E-state index is -0.733. The van der Waals surface area contributed by atoms with E-state index < -0.39 is 5.60 Å². The van der Waals surface area contributed by atoms with Gasteiger partial charge < -0.3 is 20.3 Å². The highest BCUT2D eigenvalue weighted by atomic mass is 16.5. The number of amides is 2. The SMILES string of the molecule is O=C(NCC1(O)CCC1)Nc1cccc(-c2noc(C3CC3)n2)c1. The zero-order chi connectivity index (χ0) is 16.6. The van der Waals surface area contributed by atoms with Crippen molar-refractivity contribution in [3.05, 3.63) is 30.2 Å². The molecule has 2 aliphatic carbocycles. The van der Waals surface area contributed by atoms with Crippen molar-refractivity contribution in [2.24, 2.45) is 0 Å². The number of anilines is 1. The van der Waals surface area contributed by atoms with E-state index in [0.29, 0.717) is 23.3 Å². The molecule has 126 valence electrons. The Hall–Kier alpha value is -2.41. The van der Waals surface area contributed by atoms with Gasteiger partial charge in [-0.2, -0.15) is 4.98 Å². The van der Waals surface area contributed by atoms with Crippen LogP contribution in [0.3, 0.4) is 0 Å². The molecule has 7 heteroatoms. The number of urea groups is 1. The fraction of sp³-hybridized carbons (Fsp3) is 0.471. The van der Waals surface area contributed by atoms with Crippen molar-refractivity contribution in [2.45, 2.75) is 43.6 Å². The molecule has 4 rings (SSSR count). The first-order valence-electron chi connectivity index (χ1n) is 8.33. The summed E-state index contributed by atoms with van der Waals surface area (Å²) in [6.07, 6.45) is 4.70. The van der Waals surface area contributed by atoms with Crippen LogP contribution >= 0.6 is 0 Å². The van der Waals surface area contributed by atoms with Gasteiger partial charge in [0.05, 0.1) is 5.60 Å². The molecule has 1 heterocycles. The number of rotatable bonds is 5. The largest absolute Gasteiger partial charge is 0.388 e. The van der Waals surface area contributed by atoms with Gasteiger partial charge in [-0.25, -0.2) is 4.79 Å². The maximum absolute atomic E-state index is 12.0. The first-order valence-corrected chi connectivity index (χ1v) is 8.33. The van der Waals surface area contributed by atoms with Gasteiger partial charge in [-0.15, -0.1) is 0 Å². The Kier molecular flexibility index (Phi) is 3.72. The van der Waals surface area contributed by atoms with Gasteiger partial charge in [-0.3, -0.25) is 0 Å². The highest BCUT2D eigenvalue weighted by molar-refractivity contribution is 5.90. The van der Waals surface area contributed by atoms with E-state index in [1.54, 1.807) is 12.1 Å². The van der Waals surface area contributed by atoms with Crippen LogP contribution in [-0.4, -0.2) is 33.4 Å². The average molecular weight is 328 g/mol. The van der Waals surface area contributed by atoms with Crippen LogP contribution in [0.5, 0.6) is 0 Å². The summed E-state index contributed by atoms with van der Waals surface area (Å²) in [6, 6.07) is 6.97. The molecule has 0 radical (unpaired) electrons. The van der Waals surface area contributed by atoms with E-state index in [1.807, 2.05) is 12.1 Å². The molecule has 2 aliphatic rings. The van der Waals surface area contributed by atoms with Crippen LogP contribution in [0.1, 0.15) is 43.9 Å². The number of nitrogens with one attached hydrogen (secondary N) is 2. The third kappa shape index (κ3) is 3.26. The van der Waals surface area contributed by atoms with Crippen molar-refractivity contribution in [1.82, 2.24) is 15.5 Å². The molecule has 0 unspecified atom stereocenters. The van der Waals surface area contributed by atoms with Crippen molar-refractivity contribution in [3.63, 3.8) is 0 Å². The Morgan fingerprint density at radius 3 is 2.92 bits per heavy atom. The van der Waals surface area contributed by atoms with Crippen LogP contribution in [-0.2, 0) is 0 Å². The van der Waals surface area contributed by atoms with E-state index in [1.165, 1.54) is 0 Å². The molecule has 0 spiro atoms. The maximum atomic E-state index is 12.0. The van der Waals surface area contributed by atoms with Crippen LogP contribution < -0.4 is 10.6 Å². The average Bonchev–Trinajstić information content (AvgIpc) is 3.28. The first kappa shape index (κ1) is 15.1. The first-order chi connectivity index (χ1) is 11.6. The smallest absolute Gasteiger partial charge is 0.319 e. The zero-order valence-electron chi connectivity index (χ0n) is 13.3. The molecule has 1 aromatic heterocycles. The predicted molar refractivity (Wildman–Crippen MR) is 87.5 cm³/mol. The maximum Gasteiger partial charge on any atom is 0.319 e. The molecular weight excluding hydrogens is 308 g/mol. The lowest BCUT2D eigenvalue weighted by molar-refractivity contribution is -0.0287. The summed E-state index contributed by atoms with van der Waals surface area (Å²) in [7, 11) is 0. The zero-order valence-corrected chi connectivity index (χ0v) is 13.3. The highest BCUT2D eigenvalue weighted by Crippen LogP contribution is 2.39. The summed E-state index contributed by atoms with van der Waals surface area (Å²) in [4.78, 5) is 16.4. The number of carbonyl (C=O) groups is 1. The quantitative estimate of drug-likeness (QED) is 0.783. The summed E-state index contributed by atoms with van der Waals surface area (Å²) in [5, 5.41) is 19.5. The number of hydrogen-bond donors (Lipinski definition) is 3. The fourth-order valence-corrected chi connectivity index (χ4v) is 2.77. The number of aliphatic hydroxyl groups is 1. The Morgan fingerprint density at radius 1 is 1.38 bits per heavy atom. The fourth-order valence-electron chi connectivity index (χ4n) is 2.77. The Labute approximate surface area is 139 Å². The topological polar surface area (TPSA) is 100 Å². The number of aromatic nitrogens is 2. The molecule has 3 N–H and O–H groups in total. The molecule has 0 saturated heterocycles. The van der Waals surface area contributed by atoms with Crippen molar-refractivity contribution < 1.29 is 14.4 Å². The molecule has 24 heavy (non-hydrogen) atoms. The monoisotopic (exact) mass is 328 g/mol. The van der Waals surface area contributed by atoms with Crippen molar-refractivity contribution in [2.75, 3.05) is 11.9 Å². The molecule has 2 amide bonds. The van der Waals surface area contributed by atoms with Gasteiger partial charge in [-0.05, 0) is 44.2 Å². The lowest BCUT2D eigenvalue weighted by atomic mass is 9.80. The second-order valence-electron chi connectivity index (χ2n) is 6.70. The Bertz CT molecular complexity index is 750. The second-order valence-corrected chi connectivity index (χ2v) is 6.70. The van der Waals surface area contributed by atoms with Gasteiger partial charge in [0, 0.05) is 23.7 Å². The van der Waals surface area contributed by atoms with Crippen LogP contribution in [0, 0.1) is 0 Å². The van der Waals surface area contributed by atoms with E-state index in [-0.39, 0.29) is 12.6 Å². The van der Waals surface area contributed by atoms with Crippen molar-refractivity contribution in [1.29, 1.82) is 0 Å². The normalized spacial score (nSPS) is 18.7. The Morgan fingerprint density at radius 2 is 2.21 bits per heavy atom. The van der Waals surface area contributed by atoms with Crippen LogP contribution in [0.2, 0.25) is 0 Å². The molecule has 1 aromatic carbocycles. The summed E-state index contributed by atoms with van der Waals surface area (Å²) in [6.45, 7) is 0.272. The van der Waals surface area contributed by atoms with E-state index in [9.17, 15) is 9.90 Å². The van der Waals surface area contributed by atoms with Gasteiger partial charge in [0.1, 0.15) is 0 Å². The Balaban J connectivity index is 1.39. The van der Waals surface area contributed by atoms with Gasteiger partial charge in [0.25, 0.3) is 0 Å². The molecule has 2 saturated carbocycles. The third-order valence-electron chi connectivity index (χ3n) is 4.61. The van der Waals surface area contributed by atoms with Gasteiger partial charge in [-0.1, -0.05) is 17.3 Å². The molecule has 2 fully saturated rings. The van der Waals surface area contributed by atoms with Gasteiger partial charge in [0.2, 0.25) is 11.7 Å². The van der Waals surface area contributed by atoms with E-state index >= 15 is 0 Å². The number of benzene rings is 1. The lowest BCUT2D eigenvalue weighted by Gasteiger charge is -2.36. The van der Waals surface area contributed by atoms with Gasteiger partial charge in [0.15, 0.2) is 0 Å². The van der Waals surface area contributed by atoms with Crippen LogP contribution in [0.25, 0.3) is 11.4 Å². The number of carbonyl (C=O) groups excluding carboxylic acids is 1. The molecule has 0 atom stereocenters. The molecule has 2 aromatic rings.